The number of aromatic nitrogens is 6. The van der Waals surface area contributed by atoms with Crippen LogP contribution in [-0.2, 0) is 19.1 Å². The molecule has 14 nitrogen and oxygen atoms in total. The van der Waals surface area contributed by atoms with Crippen LogP contribution >= 0.6 is 0 Å². The van der Waals surface area contributed by atoms with Crippen LogP contribution < -0.4 is 10.9 Å². The minimum absolute atomic E-state index is 0.0864. The second kappa shape index (κ2) is 19.1. The molecule has 0 aliphatic heterocycles. The minimum atomic E-state index is -0.554. The van der Waals surface area contributed by atoms with Crippen LogP contribution in [0.1, 0.15) is 25.2 Å². The highest BCUT2D eigenvalue weighted by Gasteiger charge is 2.19. The van der Waals surface area contributed by atoms with Gasteiger partial charge in [0.25, 0.3) is 0 Å². The maximum absolute atomic E-state index is 12.3. The molecule has 6 heterocycles. The first kappa shape index (κ1) is 36.1. The summed E-state index contributed by atoms with van der Waals surface area (Å²) in [6.07, 6.45) is 9.90. The average molecular weight is 695 g/mol. The normalized spacial score (nSPS) is 11.0. The van der Waals surface area contributed by atoms with Gasteiger partial charge in [-0.15, -0.1) is 0 Å². The Balaban J connectivity index is 0.000000201. The third-order valence-corrected chi connectivity index (χ3v) is 6.76. The van der Waals surface area contributed by atoms with Crippen LogP contribution in [0, 0.1) is 0 Å². The number of carbonyl (C=O) groups excluding carboxylic acids is 2. The maximum atomic E-state index is 12.3. The van der Waals surface area contributed by atoms with Crippen molar-refractivity contribution in [1.29, 1.82) is 0 Å². The summed E-state index contributed by atoms with van der Waals surface area (Å²) in [5, 5.41) is 8.46. The van der Waals surface area contributed by atoms with Crippen molar-refractivity contribution in [2.24, 2.45) is 10.2 Å². The fourth-order valence-corrected chi connectivity index (χ4v) is 4.46. The predicted octanol–water partition coefficient (Wildman–Crippen LogP) is 5.84. The quantitative estimate of drug-likeness (QED) is 0.0890. The van der Waals surface area contributed by atoms with Gasteiger partial charge in [0.2, 0.25) is 0 Å². The molecule has 0 saturated carbocycles. The molecule has 6 rings (SSSR count). The van der Waals surface area contributed by atoms with Gasteiger partial charge in [0.05, 0.1) is 47.4 Å². The van der Waals surface area contributed by atoms with Gasteiger partial charge in [-0.1, -0.05) is 24.3 Å². The molecule has 6 aromatic rings. The first-order valence-corrected chi connectivity index (χ1v) is 16.2. The van der Waals surface area contributed by atoms with Crippen molar-refractivity contribution in [3.63, 3.8) is 0 Å². The van der Waals surface area contributed by atoms with Crippen LogP contribution in [0.5, 0.6) is 0 Å². The number of nitrogens with one attached hydrogen (secondary N) is 2. The molecule has 52 heavy (non-hydrogen) atoms. The van der Waals surface area contributed by atoms with Gasteiger partial charge in [0, 0.05) is 37.2 Å². The van der Waals surface area contributed by atoms with Gasteiger partial charge in [-0.2, -0.15) is 10.2 Å². The molecule has 0 amide bonds. The van der Waals surface area contributed by atoms with E-state index in [-0.39, 0.29) is 24.6 Å². The second-order valence-corrected chi connectivity index (χ2v) is 10.2. The van der Waals surface area contributed by atoms with Crippen molar-refractivity contribution in [1.82, 2.24) is 29.9 Å². The van der Waals surface area contributed by atoms with E-state index in [4.69, 9.17) is 9.47 Å². The molecule has 2 N–H and O–H groups in total. The Morgan fingerprint density at radius 3 is 1.23 bits per heavy atom. The molecule has 0 aromatic carbocycles. The molecule has 0 atom stereocenters. The molecule has 0 unspecified atom stereocenters. The Hall–Kier alpha value is -7.22. The first-order chi connectivity index (χ1) is 25.6. The van der Waals surface area contributed by atoms with Crippen molar-refractivity contribution in [3.8, 4) is 22.8 Å². The summed E-state index contributed by atoms with van der Waals surface area (Å²) in [6, 6.07) is 28.7. The SMILES string of the molecule is CCOC(=O)/C(=N/Nc1cccnc1-c1ccccn1)c1ccccn1.CCOC(=O)/C(=N/Nc1cccnc1-c1ccccn1)c1ccccn1. The molecular formula is C38H34N10O4. The Morgan fingerprint density at radius 1 is 0.500 bits per heavy atom. The fraction of sp³-hybridized carbons (Fsp3) is 0.105. The third-order valence-electron chi connectivity index (χ3n) is 6.76. The van der Waals surface area contributed by atoms with Crippen LogP contribution in [0.15, 0.2) is 144 Å². The molecule has 0 radical (unpaired) electrons. The Bertz CT molecular complexity index is 1950. The van der Waals surface area contributed by atoms with Crippen molar-refractivity contribution >= 4 is 34.7 Å². The zero-order chi connectivity index (χ0) is 36.4. The number of hydrogen-bond donors (Lipinski definition) is 2. The van der Waals surface area contributed by atoms with Gasteiger partial charge >= 0.3 is 11.9 Å². The van der Waals surface area contributed by atoms with Gasteiger partial charge in [0.15, 0.2) is 11.4 Å². The summed E-state index contributed by atoms with van der Waals surface area (Å²) < 4.78 is 10.2. The average Bonchev–Trinajstić information content (AvgIpc) is 3.20. The molecule has 0 spiro atoms. The van der Waals surface area contributed by atoms with Crippen molar-refractivity contribution in [2.45, 2.75) is 13.8 Å². The number of pyridine rings is 6. The predicted molar refractivity (Wildman–Crippen MR) is 197 cm³/mol. The van der Waals surface area contributed by atoms with Gasteiger partial charge in [0.1, 0.15) is 11.4 Å². The molecule has 0 saturated heterocycles. The van der Waals surface area contributed by atoms with Crippen LogP contribution in [0.25, 0.3) is 22.8 Å². The highest BCUT2D eigenvalue weighted by molar-refractivity contribution is 6.43. The van der Waals surface area contributed by atoms with Gasteiger partial charge in [-0.25, -0.2) is 9.59 Å². The number of ether oxygens (including phenoxy) is 2. The summed E-state index contributed by atoms with van der Waals surface area (Å²) in [4.78, 5) is 50.2. The van der Waals surface area contributed by atoms with E-state index >= 15 is 0 Å². The van der Waals surface area contributed by atoms with E-state index in [2.05, 4.69) is 51.0 Å². The third kappa shape index (κ3) is 9.92. The van der Waals surface area contributed by atoms with Crippen LogP contribution in [0.4, 0.5) is 11.4 Å². The number of nitrogens with zero attached hydrogens (tertiary/aromatic N) is 8. The van der Waals surface area contributed by atoms with Crippen LogP contribution in [0.3, 0.4) is 0 Å². The zero-order valence-electron chi connectivity index (χ0n) is 28.3. The first-order valence-electron chi connectivity index (χ1n) is 16.2. The molecule has 0 fully saturated rings. The maximum Gasteiger partial charge on any atom is 0.361 e. The minimum Gasteiger partial charge on any atom is -0.461 e. The van der Waals surface area contributed by atoms with Gasteiger partial charge in [-0.05, 0) is 86.6 Å². The lowest BCUT2D eigenvalue weighted by Crippen LogP contribution is -2.21. The summed E-state index contributed by atoms with van der Waals surface area (Å²) in [7, 11) is 0. The highest BCUT2D eigenvalue weighted by atomic mass is 16.5. The van der Waals surface area contributed by atoms with E-state index in [1.807, 2.05) is 48.5 Å². The summed E-state index contributed by atoms with van der Waals surface area (Å²) in [5.74, 6) is -1.11. The standard InChI is InChI=1S/2C19H17N5O2/c2*1-2-26-19(25)18(15-9-4-6-12-21-15)24-23-16-10-7-13-22-17(16)14-8-3-5-11-20-14/h2*3-13,23H,2H2,1H3/b2*24-18+. The number of esters is 2. The van der Waals surface area contributed by atoms with E-state index in [1.54, 1.807) is 99.6 Å². The largest absolute Gasteiger partial charge is 0.461 e. The zero-order valence-corrected chi connectivity index (χ0v) is 28.3. The monoisotopic (exact) mass is 694 g/mol. The number of rotatable bonds is 12. The fourth-order valence-electron chi connectivity index (χ4n) is 4.46. The lowest BCUT2D eigenvalue weighted by molar-refractivity contribution is -0.135. The lowest BCUT2D eigenvalue weighted by atomic mass is 10.2. The number of carbonyl (C=O) groups is 2. The Labute approximate surface area is 299 Å². The van der Waals surface area contributed by atoms with Crippen LogP contribution in [0.2, 0.25) is 0 Å². The topological polar surface area (TPSA) is 179 Å². The number of anilines is 2. The molecule has 14 heteroatoms. The van der Waals surface area contributed by atoms with Crippen molar-refractivity contribution < 1.29 is 19.1 Å². The van der Waals surface area contributed by atoms with E-state index in [0.29, 0.717) is 45.5 Å². The molecular weight excluding hydrogens is 660 g/mol. The molecule has 0 aliphatic carbocycles. The summed E-state index contributed by atoms with van der Waals surface area (Å²) >= 11 is 0. The second-order valence-electron chi connectivity index (χ2n) is 10.2. The molecule has 0 bridgehead atoms. The van der Waals surface area contributed by atoms with Crippen molar-refractivity contribution in [3.05, 3.63) is 146 Å². The number of hydrogen-bond acceptors (Lipinski definition) is 14. The van der Waals surface area contributed by atoms with E-state index in [9.17, 15) is 9.59 Å². The van der Waals surface area contributed by atoms with Crippen molar-refractivity contribution in [2.75, 3.05) is 24.1 Å². The van der Waals surface area contributed by atoms with Gasteiger partial charge in [-0.3, -0.25) is 40.8 Å². The summed E-state index contributed by atoms with van der Waals surface area (Å²) in [5.41, 5.74) is 10.7. The Kier molecular flexibility index (Phi) is 13.2. The van der Waals surface area contributed by atoms with E-state index in [0.717, 1.165) is 0 Å². The Morgan fingerprint density at radius 2 is 0.885 bits per heavy atom. The lowest BCUT2D eigenvalue weighted by Gasteiger charge is -2.09. The summed E-state index contributed by atoms with van der Waals surface area (Å²) in [6.45, 7) is 3.97. The van der Waals surface area contributed by atoms with E-state index in [1.165, 1.54) is 0 Å². The molecule has 6 aromatic heterocycles. The van der Waals surface area contributed by atoms with E-state index < -0.39 is 11.9 Å². The highest BCUT2D eigenvalue weighted by Crippen LogP contribution is 2.24. The van der Waals surface area contributed by atoms with Gasteiger partial charge < -0.3 is 9.47 Å². The number of hydrazone groups is 2. The smallest absolute Gasteiger partial charge is 0.361 e. The molecule has 260 valence electrons. The van der Waals surface area contributed by atoms with Crippen LogP contribution in [-0.4, -0.2) is 66.5 Å². The molecule has 0 aliphatic rings.